The Labute approximate surface area is 122 Å². The highest BCUT2D eigenvalue weighted by molar-refractivity contribution is 7.10. The molecule has 20 heavy (non-hydrogen) atoms. The van der Waals surface area contributed by atoms with Crippen LogP contribution in [0.5, 0.6) is 0 Å². The van der Waals surface area contributed by atoms with Gasteiger partial charge in [0.2, 0.25) is 0 Å². The SMILES string of the molecule is Cc1ccsc1C(C)Nc1ccc(-n2cccn2)cc1. The lowest BCUT2D eigenvalue weighted by Crippen LogP contribution is -2.06. The number of hydrogen-bond acceptors (Lipinski definition) is 3. The van der Waals surface area contributed by atoms with E-state index >= 15 is 0 Å². The molecule has 1 atom stereocenters. The molecule has 2 aromatic heterocycles. The van der Waals surface area contributed by atoms with Crippen LogP contribution in [0.3, 0.4) is 0 Å². The molecule has 0 radical (unpaired) electrons. The van der Waals surface area contributed by atoms with E-state index in [1.165, 1.54) is 10.4 Å². The van der Waals surface area contributed by atoms with Crippen molar-refractivity contribution in [1.82, 2.24) is 9.78 Å². The Morgan fingerprint density at radius 1 is 1.20 bits per heavy atom. The van der Waals surface area contributed by atoms with E-state index in [-0.39, 0.29) is 0 Å². The highest BCUT2D eigenvalue weighted by Gasteiger charge is 2.09. The highest BCUT2D eigenvalue weighted by Crippen LogP contribution is 2.27. The van der Waals surface area contributed by atoms with E-state index in [1.54, 1.807) is 17.5 Å². The number of benzene rings is 1. The fourth-order valence-corrected chi connectivity index (χ4v) is 3.21. The minimum atomic E-state index is 0.325. The van der Waals surface area contributed by atoms with Crippen molar-refractivity contribution in [2.75, 3.05) is 5.32 Å². The second kappa shape index (κ2) is 5.51. The number of hydrogen-bond donors (Lipinski definition) is 1. The van der Waals surface area contributed by atoms with Gasteiger partial charge in [0.25, 0.3) is 0 Å². The first kappa shape index (κ1) is 12.9. The summed E-state index contributed by atoms with van der Waals surface area (Å²) in [5.41, 5.74) is 3.55. The van der Waals surface area contributed by atoms with Gasteiger partial charge in [-0.3, -0.25) is 0 Å². The van der Waals surface area contributed by atoms with Gasteiger partial charge in [0.15, 0.2) is 0 Å². The van der Waals surface area contributed by atoms with E-state index in [1.807, 2.05) is 16.9 Å². The lowest BCUT2D eigenvalue weighted by molar-refractivity contribution is 0.877. The molecule has 0 aliphatic heterocycles. The summed E-state index contributed by atoms with van der Waals surface area (Å²) in [6.45, 7) is 4.35. The average molecular weight is 283 g/mol. The van der Waals surface area contributed by atoms with Crippen LogP contribution in [0.2, 0.25) is 0 Å². The van der Waals surface area contributed by atoms with Crippen molar-refractivity contribution in [3.63, 3.8) is 0 Å². The summed E-state index contributed by atoms with van der Waals surface area (Å²) in [4.78, 5) is 1.39. The molecule has 1 aromatic carbocycles. The lowest BCUT2D eigenvalue weighted by atomic mass is 10.2. The van der Waals surface area contributed by atoms with Crippen LogP contribution in [0.1, 0.15) is 23.4 Å². The predicted molar refractivity (Wildman–Crippen MR) is 84.7 cm³/mol. The number of anilines is 1. The van der Waals surface area contributed by atoms with Crippen LogP contribution in [0, 0.1) is 6.92 Å². The molecule has 0 bridgehead atoms. The monoisotopic (exact) mass is 283 g/mol. The van der Waals surface area contributed by atoms with E-state index in [0.29, 0.717) is 6.04 Å². The molecule has 3 rings (SSSR count). The van der Waals surface area contributed by atoms with E-state index in [4.69, 9.17) is 0 Å². The van der Waals surface area contributed by atoms with E-state index in [2.05, 4.69) is 60.0 Å². The van der Waals surface area contributed by atoms with E-state index in [9.17, 15) is 0 Å². The predicted octanol–water partition coefficient (Wildman–Crippen LogP) is 4.42. The second-order valence-electron chi connectivity index (χ2n) is 4.83. The number of rotatable bonds is 4. The molecule has 0 spiro atoms. The molecule has 0 saturated heterocycles. The molecule has 2 heterocycles. The molecule has 0 amide bonds. The molecule has 0 aliphatic carbocycles. The van der Waals surface area contributed by atoms with Crippen molar-refractivity contribution in [3.05, 3.63) is 64.6 Å². The Morgan fingerprint density at radius 3 is 2.60 bits per heavy atom. The fourth-order valence-electron chi connectivity index (χ4n) is 2.28. The van der Waals surface area contributed by atoms with Crippen LogP contribution < -0.4 is 5.32 Å². The van der Waals surface area contributed by atoms with Gasteiger partial charge in [0.1, 0.15) is 0 Å². The summed E-state index contributed by atoms with van der Waals surface area (Å²) < 4.78 is 1.86. The smallest absolute Gasteiger partial charge is 0.0647 e. The lowest BCUT2D eigenvalue weighted by Gasteiger charge is -2.15. The summed E-state index contributed by atoms with van der Waals surface area (Å²) >= 11 is 1.80. The number of thiophene rings is 1. The van der Waals surface area contributed by atoms with Crippen LogP contribution in [0.25, 0.3) is 5.69 Å². The minimum absolute atomic E-state index is 0.325. The topological polar surface area (TPSA) is 29.9 Å². The zero-order chi connectivity index (χ0) is 13.9. The number of nitrogens with one attached hydrogen (secondary N) is 1. The van der Waals surface area contributed by atoms with Gasteiger partial charge >= 0.3 is 0 Å². The normalized spacial score (nSPS) is 12.3. The van der Waals surface area contributed by atoms with Crippen molar-refractivity contribution >= 4 is 17.0 Å². The van der Waals surface area contributed by atoms with Crippen LogP contribution in [-0.4, -0.2) is 9.78 Å². The third kappa shape index (κ3) is 2.60. The standard InChI is InChI=1S/C16H17N3S/c1-12-8-11-20-16(12)13(2)18-14-4-6-15(7-5-14)19-10-3-9-17-19/h3-11,13,18H,1-2H3. The average Bonchev–Trinajstić information content (AvgIpc) is 3.10. The Balaban J connectivity index is 1.74. The maximum Gasteiger partial charge on any atom is 0.0647 e. The van der Waals surface area contributed by atoms with Crippen molar-refractivity contribution < 1.29 is 0 Å². The van der Waals surface area contributed by atoms with Gasteiger partial charge < -0.3 is 5.32 Å². The Kier molecular flexibility index (Phi) is 3.56. The number of nitrogens with zero attached hydrogens (tertiary/aromatic N) is 2. The third-order valence-electron chi connectivity index (χ3n) is 3.31. The summed E-state index contributed by atoms with van der Waals surface area (Å²) in [6, 6.07) is 12.7. The Morgan fingerprint density at radius 2 is 2.00 bits per heavy atom. The molecule has 3 nitrogen and oxygen atoms in total. The first-order chi connectivity index (χ1) is 9.74. The third-order valence-corrected chi connectivity index (χ3v) is 4.52. The van der Waals surface area contributed by atoms with Gasteiger partial charge in [-0.2, -0.15) is 5.10 Å². The summed E-state index contributed by atoms with van der Waals surface area (Å²) in [5.74, 6) is 0. The van der Waals surface area contributed by atoms with Gasteiger partial charge in [-0.1, -0.05) is 0 Å². The van der Waals surface area contributed by atoms with Crippen LogP contribution in [0.15, 0.2) is 54.2 Å². The van der Waals surface area contributed by atoms with Gasteiger partial charge in [0.05, 0.1) is 11.7 Å². The van der Waals surface area contributed by atoms with Gasteiger partial charge in [-0.25, -0.2) is 4.68 Å². The van der Waals surface area contributed by atoms with Gasteiger partial charge in [0, 0.05) is 23.0 Å². The van der Waals surface area contributed by atoms with Crippen molar-refractivity contribution in [1.29, 1.82) is 0 Å². The highest BCUT2D eigenvalue weighted by atomic mass is 32.1. The minimum Gasteiger partial charge on any atom is -0.378 e. The number of aryl methyl sites for hydroxylation is 1. The Hall–Kier alpha value is -2.07. The molecule has 0 saturated carbocycles. The maximum absolute atomic E-state index is 4.23. The van der Waals surface area contributed by atoms with Crippen LogP contribution in [-0.2, 0) is 0 Å². The molecule has 4 heteroatoms. The zero-order valence-corrected chi connectivity index (χ0v) is 12.4. The molecule has 0 aliphatic rings. The molecule has 3 aromatic rings. The molecular weight excluding hydrogens is 266 g/mol. The summed E-state index contributed by atoms with van der Waals surface area (Å²) in [5, 5.41) is 9.91. The molecular formula is C16H17N3S. The molecule has 1 N–H and O–H groups in total. The van der Waals surface area contributed by atoms with Crippen molar-refractivity contribution in [2.45, 2.75) is 19.9 Å². The molecule has 0 fully saturated rings. The van der Waals surface area contributed by atoms with Crippen molar-refractivity contribution in [3.8, 4) is 5.69 Å². The summed E-state index contributed by atoms with van der Waals surface area (Å²) in [7, 11) is 0. The van der Waals surface area contributed by atoms with Crippen molar-refractivity contribution in [2.24, 2.45) is 0 Å². The van der Waals surface area contributed by atoms with E-state index < -0.39 is 0 Å². The van der Waals surface area contributed by atoms with Gasteiger partial charge in [-0.15, -0.1) is 11.3 Å². The largest absolute Gasteiger partial charge is 0.378 e. The molecule has 1 unspecified atom stereocenters. The number of aromatic nitrogens is 2. The summed E-state index contributed by atoms with van der Waals surface area (Å²) in [6.07, 6.45) is 3.73. The second-order valence-corrected chi connectivity index (χ2v) is 5.78. The van der Waals surface area contributed by atoms with E-state index in [0.717, 1.165) is 11.4 Å². The molecule has 102 valence electrons. The van der Waals surface area contributed by atoms with Gasteiger partial charge in [-0.05, 0) is 61.2 Å². The van der Waals surface area contributed by atoms with Crippen LogP contribution in [0.4, 0.5) is 5.69 Å². The fraction of sp³-hybridized carbons (Fsp3) is 0.188. The first-order valence-corrected chi connectivity index (χ1v) is 7.52. The Bertz CT molecular complexity index is 668. The maximum atomic E-state index is 4.23. The van der Waals surface area contributed by atoms with Crippen LogP contribution >= 0.6 is 11.3 Å². The first-order valence-electron chi connectivity index (χ1n) is 6.64. The zero-order valence-electron chi connectivity index (χ0n) is 11.6. The quantitative estimate of drug-likeness (QED) is 0.768.